The summed E-state index contributed by atoms with van der Waals surface area (Å²) in [5, 5.41) is 1.31. The van der Waals surface area contributed by atoms with Crippen molar-refractivity contribution in [2.75, 3.05) is 20.2 Å². The number of aromatic nitrogens is 1. The SMILES string of the molecule is CCC1(C(=O)OC)CCCN(C(=O)[C@@H](C)Oc2ccc3c(-c4ccccc4C)c[nH]c(=O)c3c2)C1. The first-order valence-electron chi connectivity index (χ1n) is 12.0. The van der Waals surface area contributed by atoms with E-state index in [1.165, 1.54) is 7.11 Å². The number of aromatic amines is 1. The minimum Gasteiger partial charge on any atom is -0.481 e. The quantitative estimate of drug-likeness (QED) is 0.531. The summed E-state index contributed by atoms with van der Waals surface area (Å²) in [6.45, 7) is 6.57. The highest BCUT2D eigenvalue weighted by molar-refractivity contribution is 5.97. The second kappa shape index (κ2) is 9.94. The van der Waals surface area contributed by atoms with Crippen LogP contribution in [0.15, 0.2) is 53.5 Å². The molecule has 0 radical (unpaired) electrons. The number of amides is 1. The molecule has 0 bridgehead atoms. The summed E-state index contributed by atoms with van der Waals surface area (Å²) in [5.74, 6) is -0.0177. The summed E-state index contributed by atoms with van der Waals surface area (Å²) in [4.78, 5) is 42.8. The summed E-state index contributed by atoms with van der Waals surface area (Å²) in [7, 11) is 1.39. The molecule has 3 aromatic rings. The molecule has 1 aliphatic rings. The Morgan fingerprint density at radius 2 is 1.91 bits per heavy atom. The first-order chi connectivity index (χ1) is 16.8. The van der Waals surface area contributed by atoms with Crippen molar-refractivity contribution < 1.29 is 19.1 Å². The summed E-state index contributed by atoms with van der Waals surface area (Å²) in [5.41, 5.74) is 2.19. The number of ether oxygens (including phenoxy) is 2. The molecule has 2 atom stereocenters. The van der Waals surface area contributed by atoms with E-state index in [4.69, 9.17) is 9.47 Å². The molecule has 1 N–H and O–H groups in total. The second-order valence-electron chi connectivity index (χ2n) is 9.30. The van der Waals surface area contributed by atoms with Crippen molar-refractivity contribution in [2.24, 2.45) is 5.41 Å². The third-order valence-corrected chi connectivity index (χ3v) is 7.15. The maximum Gasteiger partial charge on any atom is 0.313 e. The summed E-state index contributed by atoms with van der Waals surface area (Å²) in [6, 6.07) is 13.3. The van der Waals surface area contributed by atoms with E-state index in [1.54, 1.807) is 30.2 Å². The molecular weight excluding hydrogens is 444 g/mol. The Balaban J connectivity index is 1.57. The standard InChI is InChI=1S/C28H32N2O5/c1-5-28(27(33)34-4)13-8-14-30(17-28)26(32)19(3)35-20-11-12-22-23(15-20)25(31)29-16-24(22)21-10-7-6-9-18(21)2/h6-7,9-12,15-16,19H,5,8,13-14,17H2,1-4H3,(H,29,31)/t19-,28?/m1/s1. The number of H-pyrrole nitrogens is 1. The van der Waals surface area contributed by atoms with Gasteiger partial charge in [0.15, 0.2) is 6.10 Å². The Kier molecular flexibility index (Phi) is 6.96. The van der Waals surface area contributed by atoms with Crippen molar-refractivity contribution in [1.82, 2.24) is 9.88 Å². The van der Waals surface area contributed by atoms with Gasteiger partial charge in [-0.05, 0) is 67.8 Å². The number of hydrogen-bond donors (Lipinski definition) is 1. The predicted octanol–water partition coefficient (Wildman–Crippen LogP) is 4.46. The van der Waals surface area contributed by atoms with Crippen LogP contribution in [0, 0.1) is 12.3 Å². The molecule has 0 saturated carbocycles. The molecule has 1 unspecified atom stereocenters. The average molecular weight is 477 g/mol. The number of carbonyl (C=O) groups is 2. The van der Waals surface area contributed by atoms with Crippen LogP contribution in [0.3, 0.4) is 0 Å². The van der Waals surface area contributed by atoms with Crippen molar-refractivity contribution >= 4 is 22.6 Å². The monoisotopic (exact) mass is 476 g/mol. The van der Waals surface area contributed by atoms with Gasteiger partial charge < -0.3 is 19.4 Å². The Morgan fingerprint density at radius 3 is 2.63 bits per heavy atom. The third kappa shape index (κ3) is 4.67. The van der Waals surface area contributed by atoms with Crippen LogP contribution in [-0.4, -0.2) is 48.1 Å². The number of nitrogens with zero attached hydrogens (tertiary/aromatic N) is 1. The number of piperidine rings is 1. The molecule has 1 saturated heterocycles. The summed E-state index contributed by atoms with van der Waals surface area (Å²) in [6.07, 6.45) is 3.00. The lowest BCUT2D eigenvalue weighted by Gasteiger charge is -2.40. The van der Waals surface area contributed by atoms with Gasteiger partial charge in [0.2, 0.25) is 0 Å². The fourth-order valence-electron chi connectivity index (χ4n) is 5.06. The fourth-order valence-corrected chi connectivity index (χ4v) is 5.06. The molecule has 7 heteroatoms. The number of likely N-dealkylation sites (tertiary alicyclic amines) is 1. The lowest BCUT2D eigenvalue weighted by molar-refractivity contribution is -0.160. The zero-order chi connectivity index (χ0) is 25.2. The van der Waals surface area contributed by atoms with Gasteiger partial charge in [0.25, 0.3) is 11.5 Å². The molecule has 0 aliphatic carbocycles. The molecule has 1 aromatic heterocycles. The number of benzene rings is 2. The molecule has 35 heavy (non-hydrogen) atoms. The maximum atomic E-state index is 13.2. The Labute approximate surface area is 205 Å². The maximum absolute atomic E-state index is 13.2. The lowest BCUT2D eigenvalue weighted by atomic mass is 9.77. The van der Waals surface area contributed by atoms with Gasteiger partial charge in [-0.3, -0.25) is 14.4 Å². The van der Waals surface area contributed by atoms with E-state index < -0.39 is 11.5 Å². The minimum absolute atomic E-state index is 0.186. The van der Waals surface area contributed by atoms with Crippen molar-refractivity contribution in [3.8, 4) is 16.9 Å². The highest BCUT2D eigenvalue weighted by atomic mass is 16.5. The van der Waals surface area contributed by atoms with E-state index in [-0.39, 0.29) is 17.4 Å². The highest BCUT2D eigenvalue weighted by Crippen LogP contribution is 2.35. The van der Waals surface area contributed by atoms with Crippen molar-refractivity contribution in [3.05, 3.63) is 64.6 Å². The molecule has 184 valence electrons. The predicted molar refractivity (Wildman–Crippen MR) is 135 cm³/mol. The molecule has 1 aliphatic heterocycles. The Bertz CT molecular complexity index is 1310. The van der Waals surface area contributed by atoms with Crippen LogP contribution >= 0.6 is 0 Å². The molecule has 1 fully saturated rings. The van der Waals surface area contributed by atoms with Crippen LogP contribution in [0.2, 0.25) is 0 Å². The minimum atomic E-state index is -0.767. The second-order valence-corrected chi connectivity index (χ2v) is 9.30. The van der Waals surface area contributed by atoms with Crippen LogP contribution in [0.25, 0.3) is 21.9 Å². The molecular formula is C28H32N2O5. The number of esters is 1. The smallest absolute Gasteiger partial charge is 0.313 e. The van der Waals surface area contributed by atoms with E-state index in [2.05, 4.69) is 4.98 Å². The van der Waals surface area contributed by atoms with E-state index in [9.17, 15) is 14.4 Å². The largest absolute Gasteiger partial charge is 0.481 e. The van der Waals surface area contributed by atoms with Crippen LogP contribution in [0.4, 0.5) is 0 Å². The first kappa shape index (κ1) is 24.5. The average Bonchev–Trinajstić information content (AvgIpc) is 2.88. The number of methoxy groups -OCH3 is 1. The van der Waals surface area contributed by atoms with Crippen LogP contribution in [-0.2, 0) is 14.3 Å². The lowest BCUT2D eigenvalue weighted by Crippen LogP contribution is -2.52. The zero-order valence-electron chi connectivity index (χ0n) is 20.7. The number of pyridine rings is 1. The number of fused-ring (bicyclic) bond motifs is 1. The van der Waals surface area contributed by atoms with E-state index in [0.29, 0.717) is 37.1 Å². The van der Waals surface area contributed by atoms with Crippen LogP contribution in [0.5, 0.6) is 5.75 Å². The van der Waals surface area contributed by atoms with Crippen LogP contribution < -0.4 is 10.3 Å². The molecule has 1 amide bonds. The molecule has 4 rings (SSSR count). The number of aryl methyl sites for hydroxylation is 1. The van der Waals surface area contributed by atoms with Crippen LogP contribution in [0.1, 0.15) is 38.7 Å². The number of hydrogen-bond acceptors (Lipinski definition) is 5. The van der Waals surface area contributed by atoms with Gasteiger partial charge in [-0.2, -0.15) is 0 Å². The van der Waals surface area contributed by atoms with Gasteiger partial charge in [0.1, 0.15) is 5.75 Å². The Morgan fingerprint density at radius 1 is 1.14 bits per heavy atom. The number of carbonyl (C=O) groups excluding carboxylic acids is 2. The first-order valence-corrected chi connectivity index (χ1v) is 12.0. The number of rotatable bonds is 6. The van der Waals surface area contributed by atoms with Crippen molar-refractivity contribution in [1.29, 1.82) is 0 Å². The van der Waals surface area contributed by atoms with Gasteiger partial charge >= 0.3 is 5.97 Å². The summed E-state index contributed by atoms with van der Waals surface area (Å²) >= 11 is 0. The topological polar surface area (TPSA) is 88.7 Å². The van der Waals surface area contributed by atoms with Gasteiger partial charge in [-0.15, -0.1) is 0 Å². The van der Waals surface area contributed by atoms with Crippen molar-refractivity contribution in [3.63, 3.8) is 0 Å². The van der Waals surface area contributed by atoms with Gasteiger partial charge in [-0.25, -0.2) is 0 Å². The highest BCUT2D eigenvalue weighted by Gasteiger charge is 2.43. The molecule has 2 aromatic carbocycles. The fraction of sp³-hybridized carbons (Fsp3) is 0.393. The summed E-state index contributed by atoms with van der Waals surface area (Å²) < 4.78 is 11.0. The van der Waals surface area contributed by atoms with Gasteiger partial charge in [0, 0.05) is 24.8 Å². The van der Waals surface area contributed by atoms with E-state index in [0.717, 1.165) is 28.5 Å². The molecule has 0 spiro atoms. The Hall–Kier alpha value is -3.61. The zero-order valence-corrected chi connectivity index (χ0v) is 20.7. The number of nitrogens with one attached hydrogen (secondary N) is 1. The molecule has 7 nitrogen and oxygen atoms in total. The van der Waals surface area contributed by atoms with E-state index in [1.807, 2.05) is 44.2 Å². The molecule has 2 heterocycles. The van der Waals surface area contributed by atoms with E-state index >= 15 is 0 Å². The van der Waals surface area contributed by atoms with Gasteiger partial charge in [-0.1, -0.05) is 31.2 Å². The normalized spacial score (nSPS) is 18.8. The van der Waals surface area contributed by atoms with Crippen molar-refractivity contribution in [2.45, 2.75) is 46.1 Å². The van der Waals surface area contributed by atoms with Gasteiger partial charge in [0.05, 0.1) is 17.9 Å². The third-order valence-electron chi connectivity index (χ3n) is 7.15.